The van der Waals surface area contributed by atoms with Gasteiger partial charge in [-0.05, 0) is 39.8 Å². The number of amides is 1. The second kappa shape index (κ2) is 12.0. The number of aliphatic hydroxyl groups excluding tert-OH is 1. The number of carbonyl (C=O) groups excluding carboxylic acids is 2. The fourth-order valence-corrected chi connectivity index (χ4v) is 5.18. The quantitative estimate of drug-likeness (QED) is 0.144. The molecule has 1 saturated heterocycles. The van der Waals surface area contributed by atoms with Crippen molar-refractivity contribution in [2.24, 2.45) is 4.99 Å². The van der Waals surface area contributed by atoms with Crippen LogP contribution in [0.1, 0.15) is 27.7 Å². The number of aliphatic imine (C=N–C) groups is 1. The van der Waals surface area contributed by atoms with Crippen LogP contribution in [0.3, 0.4) is 0 Å². The molecule has 204 valence electrons. The highest BCUT2D eigenvalue weighted by molar-refractivity contribution is 7.80. The lowest BCUT2D eigenvalue weighted by molar-refractivity contribution is -0.148. The zero-order chi connectivity index (χ0) is 27.4. The highest BCUT2D eigenvalue weighted by Crippen LogP contribution is 2.47. The van der Waals surface area contributed by atoms with Gasteiger partial charge in [-0.25, -0.2) is 9.36 Å². The average molecular weight is 558 g/mol. The van der Waals surface area contributed by atoms with Gasteiger partial charge >= 0.3 is 13.6 Å². The Hall–Kier alpha value is -2.41. The topological polar surface area (TPSA) is 156 Å². The van der Waals surface area contributed by atoms with E-state index in [2.05, 4.69) is 22.9 Å². The largest absolute Gasteiger partial charge is 0.461 e. The number of esters is 1. The van der Waals surface area contributed by atoms with Crippen molar-refractivity contribution in [3.8, 4) is 5.75 Å². The van der Waals surface area contributed by atoms with Gasteiger partial charge in [-0.3, -0.25) is 14.3 Å². The van der Waals surface area contributed by atoms with Crippen LogP contribution >= 0.6 is 20.2 Å². The summed E-state index contributed by atoms with van der Waals surface area (Å²) in [5.74, 6) is 0.142. The lowest BCUT2D eigenvalue weighted by atomic mass is 9.96. The highest BCUT2D eigenvalue weighted by atomic mass is 32.1. The Morgan fingerprint density at radius 3 is 2.65 bits per heavy atom. The van der Waals surface area contributed by atoms with Crippen LogP contribution in [0.5, 0.6) is 5.75 Å². The average Bonchev–Trinajstić information content (AvgIpc) is 3.05. The van der Waals surface area contributed by atoms with Crippen molar-refractivity contribution in [2.75, 3.05) is 6.61 Å². The molecule has 3 unspecified atom stereocenters. The minimum Gasteiger partial charge on any atom is -0.461 e. The van der Waals surface area contributed by atoms with Crippen molar-refractivity contribution in [1.29, 1.82) is 0 Å². The van der Waals surface area contributed by atoms with Crippen LogP contribution in [-0.2, 0) is 28.2 Å². The third-order valence-corrected chi connectivity index (χ3v) is 7.28. The lowest BCUT2D eigenvalue weighted by Crippen LogP contribution is -2.57. The zero-order valence-corrected chi connectivity index (χ0v) is 22.6. The van der Waals surface area contributed by atoms with Crippen molar-refractivity contribution < 1.29 is 42.9 Å². The molecule has 2 aliphatic heterocycles. The van der Waals surface area contributed by atoms with Crippen molar-refractivity contribution >= 4 is 38.1 Å². The van der Waals surface area contributed by atoms with E-state index in [1.54, 1.807) is 44.2 Å². The molecule has 0 saturated carbocycles. The van der Waals surface area contributed by atoms with E-state index < -0.39 is 55.7 Å². The highest BCUT2D eigenvalue weighted by Gasteiger charge is 2.55. The Balaban J connectivity index is 1.77. The van der Waals surface area contributed by atoms with E-state index in [0.717, 1.165) is 5.96 Å². The molecule has 0 aromatic heterocycles. The number of nitrogens with zero attached hydrogens (tertiary/aromatic N) is 2. The van der Waals surface area contributed by atoms with Gasteiger partial charge in [-0.15, -0.1) is 12.6 Å². The number of hydrogen-bond donors (Lipinski definition) is 4. The van der Waals surface area contributed by atoms with E-state index in [0.29, 0.717) is 0 Å². The summed E-state index contributed by atoms with van der Waals surface area (Å²) in [6.45, 7) is 5.75. The van der Waals surface area contributed by atoms with Gasteiger partial charge in [0.1, 0.15) is 41.1 Å². The number of nitrogens with one attached hydrogen (secondary N) is 1. The molecule has 0 radical (unpaired) electrons. The Morgan fingerprint density at radius 2 is 2.03 bits per heavy atom. The number of ether oxygens (including phenoxy) is 2. The standard InChI is InChI=1S/C23H32N3O9PS/c1-14(2)33-20(29)15(3)24-13-36(31,35-16-8-6-5-7-9-16)32-12-17-19(28)23(4,30)21(34-17)26-11-10-18(27)25-22(26)37/h5-11,13-15,17,19,21-22,28,30,37H,12H2,1-4H3,(H,25,27)/t15-,17+,19-,21+,22?,23?,36?/m0/s1. The van der Waals surface area contributed by atoms with E-state index in [-0.39, 0.29) is 17.8 Å². The third-order valence-electron chi connectivity index (χ3n) is 5.50. The summed E-state index contributed by atoms with van der Waals surface area (Å²) >= 11 is 4.28. The first-order valence-electron chi connectivity index (χ1n) is 11.6. The molecule has 2 heterocycles. The molecule has 14 heteroatoms. The third kappa shape index (κ3) is 7.34. The Labute approximate surface area is 220 Å². The van der Waals surface area contributed by atoms with E-state index in [1.807, 2.05) is 0 Å². The fraction of sp³-hybridized carbons (Fsp3) is 0.522. The fourth-order valence-electron chi connectivity index (χ4n) is 3.56. The second-order valence-corrected chi connectivity index (χ2v) is 11.2. The molecule has 1 fully saturated rings. The molecule has 0 bridgehead atoms. The van der Waals surface area contributed by atoms with Gasteiger partial charge in [-0.1, -0.05) is 18.2 Å². The minimum absolute atomic E-state index is 0.222. The predicted octanol–water partition coefficient (Wildman–Crippen LogP) is 1.64. The molecule has 1 aromatic carbocycles. The number of hydrogen-bond acceptors (Lipinski definition) is 12. The second-order valence-electron chi connectivity index (χ2n) is 9.01. The van der Waals surface area contributed by atoms with E-state index in [4.69, 9.17) is 18.5 Å². The summed E-state index contributed by atoms with van der Waals surface area (Å²) in [5.41, 5.74) is -2.64. The van der Waals surface area contributed by atoms with Crippen molar-refractivity contribution in [1.82, 2.24) is 10.2 Å². The van der Waals surface area contributed by atoms with Crippen molar-refractivity contribution in [3.63, 3.8) is 0 Å². The van der Waals surface area contributed by atoms with Gasteiger partial charge in [-0.2, -0.15) is 0 Å². The van der Waals surface area contributed by atoms with Crippen LogP contribution in [0.15, 0.2) is 47.6 Å². The van der Waals surface area contributed by atoms with Crippen LogP contribution < -0.4 is 9.84 Å². The number of rotatable bonds is 10. The zero-order valence-electron chi connectivity index (χ0n) is 20.8. The number of para-hydroxylation sites is 1. The molecule has 0 aliphatic carbocycles. The number of benzene rings is 1. The monoisotopic (exact) mass is 557 g/mol. The lowest BCUT2D eigenvalue weighted by Gasteiger charge is -2.39. The molecular formula is C23H32N3O9PS. The van der Waals surface area contributed by atoms with Crippen LogP contribution in [-0.4, -0.2) is 81.2 Å². The van der Waals surface area contributed by atoms with E-state index in [9.17, 15) is 24.4 Å². The summed E-state index contributed by atoms with van der Waals surface area (Å²) in [4.78, 5) is 29.1. The summed E-state index contributed by atoms with van der Waals surface area (Å²) < 4.78 is 35.7. The predicted molar refractivity (Wildman–Crippen MR) is 137 cm³/mol. The molecule has 3 N–H and O–H groups in total. The van der Waals surface area contributed by atoms with Gasteiger partial charge in [0.05, 0.1) is 12.7 Å². The SMILES string of the molecule is CC(C)OC(=O)[C@H](C)N=CP(=O)(OC[C@H]1O[C@@H](N2C=CC(=O)NC2S)C(C)(O)[C@H]1O)Oc1ccccc1. The number of carbonyl (C=O) groups is 2. The summed E-state index contributed by atoms with van der Waals surface area (Å²) in [5, 5.41) is 24.3. The van der Waals surface area contributed by atoms with Gasteiger partial charge in [0.2, 0.25) is 5.91 Å². The number of thiol groups is 1. The first-order chi connectivity index (χ1) is 17.3. The summed E-state index contributed by atoms with van der Waals surface area (Å²) in [7, 11) is -4.13. The van der Waals surface area contributed by atoms with Gasteiger partial charge < -0.3 is 34.4 Å². The van der Waals surface area contributed by atoms with Crippen LogP contribution in [0.25, 0.3) is 0 Å². The van der Waals surface area contributed by atoms with Gasteiger partial charge in [0.15, 0.2) is 6.23 Å². The molecule has 1 amide bonds. The molecular weight excluding hydrogens is 525 g/mol. The normalized spacial score (nSPS) is 30.3. The first-order valence-corrected chi connectivity index (χ1v) is 13.7. The Bertz CT molecular complexity index is 1070. The first kappa shape index (κ1) is 29.2. The number of aliphatic hydroxyl groups is 2. The molecule has 3 rings (SSSR count). The Kier molecular flexibility index (Phi) is 9.43. The van der Waals surface area contributed by atoms with E-state index in [1.165, 1.54) is 31.0 Å². The smallest absolute Gasteiger partial charge is 0.421 e. The van der Waals surface area contributed by atoms with Crippen molar-refractivity contribution in [2.45, 2.75) is 69.4 Å². The van der Waals surface area contributed by atoms with Gasteiger partial charge in [0.25, 0.3) is 0 Å². The molecule has 12 nitrogen and oxygen atoms in total. The molecule has 7 atom stereocenters. The maximum Gasteiger partial charge on any atom is 0.421 e. The van der Waals surface area contributed by atoms with Crippen LogP contribution in [0, 0.1) is 0 Å². The maximum absolute atomic E-state index is 13.6. The molecule has 37 heavy (non-hydrogen) atoms. The van der Waals surface area contributed by atoms with Crippen LogP contribution in [0.4, 0.5) is 0 Å². The van der Waals surface area contributed by atoms with Crippen LogP contribution in [0.2, 0.25) is 0 Å². The summed E-state index contributed by atoms with van der Waals surface area (Å²) in [6, 6.07) is 7.23. The minimum atomic E-state index is -4.13. The Morgan fingerprint density at radius 1 is 1.35 bits per heavy atom. The van der Waals surface area contributed by atoms with Gasteiger partial charge in [0, 0.05) is 12.3 Å². The summed E-state index contributed by atoms with van der Waals surface area (Å²) in [6.07, 6.45) is -1.47. The molecule has 2 aliphatic rings. The molecule has 1 aromatic rings. The van der Waals surface area contributed by atoms with Crippen molar-refractivity contribution in [3.05, 3.63) is 42.6 Å². The maximum atomic E-state index is 13.6. The molecule has 0 spiro atoms. The van der Waals surface area contributed by atoms with E-state index >= 15 is 0 Å².